The van der Waals surface area contributed by atoms with Crippen molar-refractivity contribution in [2.75, 3.05) is 0 Å². The summed E-state index contributed by atoms with van der Waals surface area (Å²) in [6.45, 7) is 2.30. The van der Waals surface area contributed by atoms with Gasteiger partial charge < -0.3 is 16.6 Å². The molecule has 0 fully saturated rings. The van der Waals surface area contributed by atoms with Crippen molar-refractivity contribution < 1.29 is 5.11 Å². The van der Waals surface area contributed by atoms with Crippen LogP contribution in [0.25, 0.3) is 0 Å². The van der Waals surface area contributed by atoms with Crippen LogP contribution < -0.4 is 11.5 Å². The molecule has 0 saturated heterocycles. The third kappa shape index (κ3) is 1.75. The first kappa shape index (κ1) is 9.03. The normalized spacial score (nSPS) is 12.9. The quantitative estimate of drug-likeness (QED) is 0.610. The lowest BCUT2D eigenvalue weighted by atomic mass is 10.0. The molecule has 3 nitrogen and oxygen atoms in total. The number of benzene rings is 1. The molecule has 1 atom stereocenters. The Morgan fingerprint density at radius 2 is 2.17 bits per heavy atom. The van der Waals surface area contributed by atoms with Crippen LogP contribution in [0.1, 0.15) is 24.1 Å². The lowest BCUT2D eigenvalue weighted by molar-refractivity contribution is 0.463. The molecule has 0 aliphatic carbocycles. The molecule has 1 aromatic rings. The van der Waals surface area contributed by atoms with Gasteiger partial charge in [0.15, 0.2) is 0 Å². The van der Waals surface area contributed by atoms with Crippen LogP contribution in [-0.4, -0.2) is 5.11 Å². The van der Waals surface area contributed by atoms with Crippen LogP contribution in [-0.2, 0) is 6.54 Å². The van der Waals surface area contributed by atoms with E-state index in [1.807, 2.05) is 13.0 Å². The molecule has 0 heterocycles. The van der Waals surface area contributed by atoms with Gasteiger partial charge in [-0.05, 0) is 24.6 Å². The minimum Gasteiger partial charge on any atom is -0.508 e. The standard InChI is InChI=1S/C9H14N2O/c1-6(11)8-4-7(5-10)2-3-9(8)12/h2-4,6,12H,5,10-11H2,1H3/t6-/m1/s1. The fourth-order valence-electron chi connectivity index (χ4n) is 1.10. The lowest BCUT2D eigenvalue weighted by Gasteiger charge is -2.09. The van der Waals surface area contributed by atoms with E-state index >= 15 is 0 Å². The Kier molecular flexibility index (Phi) is 2.68. The van der Waals surface area contributed by atoms with Crippen LogP contribution in [0.3, 0.4) is 0 Å². The van der Waals surface area contributed by atoms with Crippen molar-refractivity contribution in [3.63, 3.8) is 0 Å². The molecule has 0 aromatic heterocycles. The Morgan fingerprint density at radius 3 is 2.67 bits per heavy atom. The third-order valence-corrected chi connectivity index (χ3v) is 1.82. The predicted octanol–water partition coefficient (Wildman–Crippen LogP) is 0.871. The number of hydrogen-bond donors (Lipinski definition) is 3. The largest absolute Gasteiger partial charge is 0.508 e. The number of phenols is 1. The van der Waals surface area contributed by atoms with Crippen molar-refractivity contribution >= 4 is 0 Å². The Bertz CT molecular complexity index is 271. The average molecular weight is 166 g/mol. The summed E-state index contributed by atoms with van der Waals surface area (Å²) in [7, 11) is 0. The van der Waals surface area contributed by atoms with Crippen LogP contribution in [0, 0.1) is 0 Å². The summed E-state index contributed by atoms with van der Waals surface area (Å²) in [4.78, 5) is 0. The first-order valence-electron chi connectivity index (χ1n) is 3.92. The van der Waals surface area contributed by atoms with E-state index in [0.29, 0.717) is 6.54 Å². The molecule has 0 radical (unpaired) electrons. The van der Waals surface area contributed by atoms with Crippen LogP contribution in [0.5, 0.6) is 5.75 Å². The monoisotopic (exact) mass is 166 g/mol. The van der Waals surface area contributed by atoms with Crippen molar-refractivity contribution in [2.45, 2.75) is 19.5 Å². The van der Waals surface area contributed by atoms with Gasteiger partial charge in [0.05, 0.1) is 0 Å². The Labute approximate surface area is 72.0 Å². The second-order valence-corrected chi connectivity index (χ2v) is 2.89. The summed E-state index contributed by atoms with van der Waals surface area (Å²) in [6.07, 6.45) is 0. The van der Waals surface area contributed by atoms with E-state index in [1.165, 1.54) is 0 Å². The highest BCUT2D eigenvalue weighted by Gasteiger charge is 2.05. The first-order chi connectivity index (χ1) is 5.65. The topological polar surface area (TPSA) is 72.3 Å². The maximum atomic E-state index is 9.38. The van der Waals surface area contributed by atoms with E-state index in [2.05, 4.69) is 0 Å². The summed E-state index contributed by atoms with van der Waals surface area (Å²) < 4.78 is 0. The van der Waals surface area contributed by atoms with E-state index in [-0.39, 0.29) is 11.8 Å². The fraction of sp³-hybridized carbons (Fsp3) is 0.333. The van der Waals surface area contributed by atoms with Crippen LogP contribution in [0.2, 0.25) is 0 Å². The highest BCUT2D eigenvalue weighted by molar-refractivity contribution is 5.37. The highest BCUT2D eigenvalue weighted by atomic mass is 16.3. The van der Waals surface area contributed by atoms with E-state index in [9.17, 15) is 5.11 Å². The smallest absolute Gasteiger partial charge is 0.120 e. The molecule has 0 spiro atoms. The predicted molar refractivity (Wildman–Crippen MR) is 48.6 cm³/mol. The number of nitrogens with two attached hydrogens (primary N) is 2. The molecular formula is C9H14N2O. The van der Waals surface area contributed by atoms with Crippen LogP contribution >= 0.6 is 0 Å². The second kappa shape index (κ2) is 3.56. The summed E-state index contributed by atoms with van der Waals surface area (Å²) in [5.74, 6) is 0.238. The molecule has 1 aromatic carbocycles. The van der Waals surface area contributed by atoms with Crippen molar-refractivity contribution in [1.82, 2.24) is 0 Å². The van der Waals surface area contributed by atoms with E-state index in [4.69, 9.17) is 11.5 Å². The van der Waals surface area contributed by atoms with Crippen molar-refractivity contribution in [3.8, 4) is 5.75 Å². The van der Waals surface area contributed by atoms with Crippen molar-refractivity contribution in [2.24, 2.45) is 11.5 Å². The lowest BCUT2D eigenvalue weighted by Crippen LogP contribution is -2.06. The second-order valence-electron chi connectivity index (χ2n) is 2.89. The molecule has 0 bridgehead atoms. The Morgan fingerprint density at radius 1 is 1.50 bits per heavy atom. The molecule has 66 valence electrons. The van der Waals surface area contributed by atoms with Gasteiger partial charge in [-0.15, -0.1) is 0 Å². The molecule has 0 unspecified atom stereocenters. The fourth-order valence-corrected chi connectivity index (χ4v) is 1.10. The molecular weight excluding hydrogens is 152 g/mol. The van der Waals surface area contributed by atoms with Crippen LogP contribution in [0.15, 0.2) is 18.2 Å². The maximum absolute atomic E-state index is 9.38. The third-order valence-electron chi connectivity index (χ3n) is 1.82. The number of aromatic hydroxyl groups is 1. The molecule has 0 saturated carbocycles. The van der Waals surface area contributed by atoms with Gasteiger partial charge in [-0.3, -0.25) is 0 Å². The molecule has 3 heteroatoms. The zero-order valence-electron chi connectivity index (χ0n) is 7.12. The van der Waals surface area contributed by atoms with E-state index in [0.717, 1.165) is 11.1 Å². The molecule has 5 N–H and O–H groups in total. The molecule has 12 heavy (non-hydrogen) atoms. The summed E-state index contributed by atoms with van der Waals surface area (Å²) in [5.41, 5.74) is 12.8. The number of hydrogen-bond acceptors (Lipinski definition) is 3. The van der Waals surface area contributed by atoms with Gasteiger partial charge in [0, 0.05) is 18.2 Å². The van der Waals surface area contributed by atoms with Crippen molar-refractivity contribution in [1.29, 1.82) is 0 Å². The minimum atomic E-state index is -0.156. The van der Waals surface area contributed by atoms with Crippen molar-refractivity contribution in [3.05, 3.63) is 29.3 Å². The number of phenolic OH excluding ortho intramolecular Hbond substituents is 1. The van der Waals surface area contributed by atoms with Gasteiger partial charge in [-0.25, -0.2) is 0 Å². The molecule has 0 aliphatic rings. The Hall–Kier alpha value is -1.06. The van der Waals surface area contributed by atoms with Gasteiger partial charge in [-0.1, -0.05) is 6.07 Å². The van der Waals surface area contributed by atoms with Gasteiger partial charge in [0.2, 0.25) is 0 Å². The van der Waals surface area contributed by atoms with Gasteiger partial charge in [0.1, 0.15) is 5.75 Å². The molecule has 0 amide bonds. The Balaban J connectivity index is 3.08. The zero-order chi connectivity index (χ0) is 9.14. The minimum absolute atomic E-state index is 0.156. The summed E-state index contributed by atoms with van der Waals surface area (Å²) in [6, 6.07) is 5.10. The van der Waals surface area contributed by atoms with Gasteiger partial charge in [-0.2, -0.15) is 0 Å². The maximum Gasteiger partial charge on any atom is 0.120 e. The molecule has 0 aliphatic heterocycles. The van der Waals surface area contributed by atoms with E-state index < -0.39 is 0 Å². The molecule has 1 rings (SSSR count). The van der Waals surface area contributed by atoms with E-state index in [1.54, 1.807) is 12.1 Å². The number of rotatable bonds is 2. The van der Waals surface area contributed by atoms with Gasteiger partial charge >= 0.3 is 0 Å². The van der Waals surface area contributed by atoms with Gasteiger partial charge in [0.25, 0.3) is 0 Å². The average Bonchev–Trinajstić information content (AvgIpc) is 2.05. The summed E-state index contributed by atoms with van der Waals surface area (Å²) in [5, 5.41) is 9.38. The zero-order valence-corrected chi connectivity index (χ0v) is 7.12. The first-order valence-corrected chi connectivity index (χ1v) is 3.92. The summed E-state index contributed by atoms with van der Waals surface area (Å²) >= 11 is 0. The SMILES string of the molecule is C[C@@H](N)c1cc(CN)ccc1O. The van der Waals surface area contributed by atoms with Crippen LogP contribution in [0.4, 0.5) is 0 Å². The highest BCUT2D eigenvalue weighted by Crippen LogP contribution is 2.23.